The number of aryl methyl sites for hydroxylation is 1. The van der Waals surface area contributed by atoms with Gasteiger partial charge in [0.05, 0.1) is 6.20 Å². The molecule has 5 nitrogen and oxygen atoms in total. The molecule has 6 heteroatoms. The molecular formula is C7H7BrN4O. The third-order valence-corrected chi connectivity index (χ3v) is 2.15. The van der Waals surface area contributed by atoms with E-state index in [1.807, 2.05) is 6.92 Å². The predicted octanol–water partition coefficient (Wildman–Crippen LogP) is 0.902. The fourth-order valence-corrected chi connectivity index (χ4v) is 1.48. The molecule has 0 unspecified atom stereocenters. The summed E-state index contributed by atoms with van der Waals surface area (Å²) in [5.74, 6) is 0. The van der Waals surface area contributed by atoms with Gasteiger partial charge in [0.2, 0.25) is 0 Å². The Kier molecular flexibility index (Phi) is 1.91. The Morgan fingerprint density at radius 2 is 2.46 bits per heavy atom. The van der Waals surface area contributed by atoms with Gasteiger partial charge in [-0.2, -0.15) is 0 Å². The zero-order chi connectivity index (χ0) is 9.42. The summed E-state index contributed by atoms with van der Waals surface area (Å²) in [6, 6.07) is 0. The van der Waals surface area contributed by atoms with Crippen molar-refractivity contribution in [2.75, 3.05) is 0 Å². The fraction of sp³-hybridized carbons (Fsp3) is 0.286. The van der Waals surface area contributed by atoms with E-state index < -0.39 is 0 Å². The Hall–Kier alpha value is -1.17. The van der Waals surface area contributed by atoms with Gasteiger partial charge in [0.15, 0.2) is 11.3 Å². The summed E-state index contributed by atoms with van der Waals surface area (Å²) >= 11 is 3.18. The van der Waals surface area contributed by atoms with Gasteiger partial charge in [-0.1, -0.05) is 0 Å². The molecule has 2 aromatic heterocycles. The van der Waals surface area contributed by atoms with Crippen LogP contribution in [0.5, 0.6) is 0 Å². The maximum absolute atomic E-state index is 11.3. The van der Waals surface area contributed by atoms with Crippen molar-refractivity contribution in [1.82, 2.24) is 19.5 Å². The Labute approximate surface area is 82.0 Å². The van der Waals surface area contributed by atoms with Gasteiger partial charge >= 0.3 is 5.69 Å². The quantitative estimate of drug-likeness (QED) is 0.809. The summed E-state index contributed by atoms with van der Waals surface area (Å²) in [7, 11) is 0. The van der Waals surface area contributed by atoms with Gasteiger partial charge in [-0.15, -0.1) is 0 Å². The molecule has 68 valence electrons. The summed E-state index contributed by atoms with van der Waals surface area (Å²) in [6.45, 7) is 2.48. The van der Waals surface area contributed by atoms with Gasteiger partial charge in [0, 0.05) is 6.54 Å². The number of H-pyrrole nitrogens is 1. The minimum absolute atomic E-state index is 0.171. The number of nitrogens with one attached hydrogen (secondary N) is 1. The molecule has 2 aromatic rings. The SMILES string of the molecule is CCn1c(=O)[nH]c2nc(Br)cnc21. The lowest BCUT2D eigenvalue weighted by Crippen LogP contribution is -2.15. The lowest BCUT2D eigenvalue weighted by atomic mass is 10.6. The summed E-state index contributed by atoms with van der Waals surface area (Å²) in [5.41, 5.74) is 0.938. The molecule has 0 bridgehead atoms. The van der Waals surface area contributed by atoms with Crippen LogP contribution in [0.3, 0.4) is 0 Å². The van der Waals surface area contributed by atoms with E-state index in [0.717, 1.165) is 0 Å². The first-order valence-corrected chi connectivity index (χ1v) is 4.62. The second-order valence-electron chi connectivity index (χ2n) is 2.54. The topological polar surface area (TPSA) is 63.6 Å². The molecule has 0 spiro atoms. The van der Waals surface area contributed by atoms with Gasteiger partial charge in [-0.25, -0.2) is 14.8 Å². The number of fused-ring (bicyclic) bond motifs is 1. The van der Waals surface area contributed by atoms with Crippen molar-refractivity contribution in [3.05, 3.63) is 21.3 Å². The van der Waals surface area contributed by atoms with Gasteiger partial charge in [0.1, 0.15) is 4.60 Å². The van der Waals surface area contributed by atoms with Crippen LogP contribution in [0.4, 0.5) is 0 Å². The number of hydrogen-bond donors (Lipinski definition) is 1. The molecule has 13 heavy (non-hydrogen) atoms. The molecule has 0 atom stereocenters. The standard InChI is InChI=1S/C7H7BrN4O/c1-2-12-6-5(11-7(12)13)10-4(8)3-9-6/h3H,2H2,1H3,(H,10,11,13). The van der Waals surface area contributed by atoms with Gasteiger partial charge in [-0.05, 0) is 22.9 Å². The predicted molar refractivity (Wildman–Crippen MR) is 51.5 cm³/mol. The van der Waals surface area contributed by atoms with Gasteiger partial charge in [-0.3, -0.25) is 9.55 Å². The summed E-state index contributed by atoms with van der Waals surface area (Å²) < 4.78 is 2.15. The molecule has 0 aliphatic rings. The van der Waals surface area contributed by atoms with Crippen LogP contribution in [0.2, 0.25) is 0 Å². The van der Waals surface area contributed by atoms with E-state index in [9.17, 15) is 4.79 Å². The summed E-state index contributed by atoms with van der Waals surface area (Å²) in [4.78, 5) is 22.1. The second kappa shape index (κ2) is 2.95. The van der Waals surface area contributed by atoms with Crippen molar-refractivity contribution in [2.24, 2.45) is 0 Å². The number of imidazole rings is 1. The van der Waals surface area contributed by atoms with E-state index in [1.54, 1.807) is 6.20 Å². The second-order valence-corrected chi connectivity index (χ2v) is 3.35. The Morgan fingerprint density at radius 3 is 3.15 bits per heavy atom. The van der Waals surface area contributed by atoms with Crippen LogP contribution in [0.15, 0.2) is 15.6 Å². The van der Waals surface area contributed by atoms with Crippen molar-refractivity contribution in [2.45, 2.75) is 13.5 Å². The molecule has 0 fully saturated rings. The zero-order valence-electron chi connectivity index (χ0n) is 6.91. The van der Waals surface area contributed by atoms with Crippen molar-refractivity contribution in [3.63, 3.8) is 0 Å². The molecule has 2 heterocycles. The Bertz CT molecular complexity index is 501. The lowest BCUT2D eigenvalue weighted by molar-refractivity contribution is 0.745. The number of aromatic amines is 1. The van der Waals surface area contributed by atoms with Crippen LogP contribution in [0.1, 0.15) is 6.92 Å². The summed E-state index contributed by atoms with van der Waals surface area (Å²) in [5, 5.41) is 0. The average molecular weight is 243 g/mol. The number of aromatic nitrogens is 4. The van der Waals surface area contributed by atoms with Gasteiger partial charge < -0.3 is 0 Å². The van der Waals surface area contributed by atoms with Crippen molar-refractivity contribution in [3.8, 4) is 0 Å². The molecule has 0 aliphatic carbocycles. The number of halogens is 1. The fourth-order valence-electron chi connectivity index (χ4n) is 1.20. The highest BCUT2D eigenvalue weighted by Crippen LogP contribution is 2.08. The molecule has 0 saturated carbocycles. The van der Waals surface area contributed by atoms with E-state index in [1.165, 1.54) is 4.57 Å². The van der Waals surface area contributed by atoms with Crippen molar-refractivity contribution >= 4 is 27.2 Å². The van der Waals surface area contributed by atoms with Crippen LogP contribution in [0.25, 0.3) is 11.3 Å². The molecule has 0 aromatic carbocycles. The largest absolute Gasteiger partial charge is 0.328 e. The first kappa shape index (κ1) is 8.43. The van der Waals surface area contributed by atoms with Crippen molar-refractivity contribution in [1.29, 1.82) is 0 Å². The molecule has 0 amide bonds. The van der Waals surface area contributed by atoms with Gasteiger partial charge in [0.25, 0.3) is 0 Å². The first-order valence-electron chi connectivity index (χ1n) is 3.83. The minimum Gasteiger partial charge on any atom is -0.289 e. The van der Waals surface area contributed by atoms with E-state index in [-0.39, 0.29) is 5.69 Å². The van der Waals surface area contributed by atoms with E-state index in [2.05, 4.69) is 30.9 Å². The maximum atomic E-state index is 11.3. The van der Waals surface area contributed by atoms with Crippen LogP contribution in [-0.2, 0) is 6.54 Å². The zero-order valence-corrected chi connectivity index (χ0v) is 8.50. The average Bonchev–Trinajstić information content (AvgIpc) is 2.39. The Morgan fingerprint density at radius 1 is 1.69 bits per heavy atom. The molecule has 0 radical (unpaired) electrons. The van der Waals surface area contributed by atoms with Crippen molar-refractivity contribution < 1.29 is 0 Å². The molecule has 1 N–H and O–H groups in total. The van der Waals surface area contributed by atoms with Crippen LogP contribution in [0, 0.1) is 0 Å². The number of rotatable bonds is 1. The third-order valence-electron chi connectivity index (χ3n) is 1.77. The molecule has 0 aliphatic heterocycles. The van der Waals surface area contributed by atoms with Crippen LogP contribution < -0.4 is 5.69 Å². The monoisotopic (exact) mass is 242 g/mol. The van der Waals surface area contributed by atoms with E-state index >= 15 is 0 Å². The third kappa shape index (κ3) is 1.27. The van der Waals surface area contributed by atoms with E-state index in [4.69, 9.17) is 0 Å². The van der Waals surface area contributed by atoms with Crippen LogP contribution in [-0.4, -0.2) is 19.5 Å². The minimum atomic E-state index is -0.171. The molecule has 2 rings (SSSR count). The highest BCUT2D eigenvalue weighted by molar-refractivity contribution is 9.10. The first-order chi connectivity index (χ1) is 6.22. The highest BCUT2D eigenvalue weighted by Gasteiger charge is 2.06. The lowest BCUT2D eigenvalue weighted by Gasteiger charge is -1.94. The normalized spacial score (nSPS) is 10.9. The van der Waals surface area contributed by atoms with Crippen LogP contribution >= 0.6 is 15.9 Å². The maximum Gasteiger partial charge on any atom is 0.328 e. The number of hydrogen-bond acceptors (Lipinski definition) is 3. The smallest absolute Gasteiger partial charge is 0.289 e. The number of nitrogens with zero attached hydrogens (tertiary/aromatic N) is 3. The van der Waals surface area contributed by atoms with E-state index in [0.29, 0.717) is 22.4 Å². The molecule has 0 saturated heterocycles. The highest BCUT2D eigenvalue weighted by atomic mass is 79.9. The molecular weight excluding hydrogens is 236 g/mol. The summed E-state index contributed by atoms with van der Waals surface area (Å²) in [6.07, 6.45) is 1.57. The Balaban J connectivity index is 2.87.